The van der Waals surface area contributed by atoms with Crippen LogP contribution in [0.15, 0.2) is 42.5 Å². The highest BCUT2D eigenvalue weighted by molar-refractivity contribution is 6.34. The molecule has 1 N–H and O–H groups in total. The van der Waals surface area contributed by atoms with Gasteiger partial charge in [-0.15, -0.1) is 0 Å². The number of ether oxygens (including phenoxy) is 1. The summed E-state index contributed by atoms with van der Waals surface area (Å²) in [5.74, 6) is -0.264. The number of nitrogens with zero attached hydrogens (tertiary/aromatic N) is 1. The Morgan fingerprint density at radius 3 is 2.54 bits per heavy atom. The lowest BCUT2D eigenvalue weighted by Gasteiger charge is -2.19. The largest absolute Gasteiger partial charge is 0.493 e. The molecule has 2 amide bonds. The molecule has 28 heavy (non-hydrogen) atoms. The van der Waals surface area contributed by atoms with E-state index in [1.165, 1.54) is 12.1 Å². The van der Waals surface area contributed by atoms with Gasteiger partial charge in [0.2, 0.25) is 5.91 Å². The molecule has 0 saturated carbocycles. The average Bonchev–Trinajstić information content (AvgIpc) is 2.66. The van der Waals surface area contributed by atoms with Gasteiger partial charge in [-0.1, -0.05) is 17.7 Å². The Bertz CT molecular complexity index is 825. The van der Waals surface area contributed by atoms with Crippen molar-refractivity contribution < 1.29 is 18.7 Å². The zero-order valence-corrected chi connectivity index (χ0v) is 16.8. The third kappa shape index (κ3) is 6.23. The number of hydrogen-bond donors (Lipinski definition) is 1. The maximum absolute atomic E-state index is 13.1. The second-order valence-electron chi connectivity index (χ2n) is 6.13. The molecule has 0 saturated heterocycles. The van der Waals surface area contributed by atoms with Gasteiger partial charge in [-0.3, -0.25) is 9.59 Å². The lowest BCUT2D eigenvalue weighted by molar-refractivity contribution is -0.116. The van der Waals surface area contributed by atoms with Crippen LogP contribution in [0, 0.1) is 5.82 Å². The first kappa shape index (κ1) is 21.7. The van der Waals surface area contributed by atoms with Crippen molar-refractivity contribution in [1.82, 2.24) is 4.90 Å². The summed E-state index contributed by atoms with van der Waals surface area (Å²) < 4.78 is 18.5. The van der Waals surface area contributed by atoms with E-state index in [4.69, 9.17) is 16.3 Å². The number of carbonyl (C=O) groups excluding carboxylic acids is 2. The van der Waals surface area contributed by atoms with Gasteiger partial charge in [0.25, 0.3) is 5.91 Å². The molecule has 0 aliphatic carbocycles. The minimum atomic E-state index is -0.366. The average molecular weight is 407 g/mol. The molecule has 2 aromatic carbocycles. The Labute approximate surface area is 169 Å². The topological polar surface area (TPSA) is 58.6 Å². The van der Waals surface area contributed by atoms with Crippen molar-refractivity contribution >= 4 is 29.1 Å². The van der Waals surface area contributed by atoms with Crippen molar-refractivity contribution in [3.8, 4) is 5.75 Å². The first-order chi connectivity index (χ1) is 13.4. The second-order valence-corrected chi connectivity index (χ2v) is 6.54. The van der Waals surface area contributed by atoms with Crippen LogP contribution < -0.4 is 10.1 Å². The maximum Gasteiger partial charge on any atom is 0.255 e. The number of anilines is 1. The molecule has 7 heteroatoms. The molecule has 2 aromatic rings. The summed E-state index contributed by atoms with van der Waals surface area (Å²) in [6.07, 6.45) is 0.724. The summed E-state index contributed by atoms with van der Waals surface area (Å²) in [6, 6.07) is 10.7. The maximum atomic E-state index is 13.1. The van der Waals surface area contributed by atoms with Crippen LogP contribution in [0.3, 0.4) is 0 Å². The van der Waals surface area contributed by atoms with E-state index in [2.05, 4.69) is 5.32 Å². The van der Waals surface area contributed by atoms with Crippen LogP contribution in [0.4, 0.5) is 10.1 Å². The smallest absolute Gasteiger partial charge is 0.255 e. The van der Waals surface area contributed by atoms with Crippen LogP contribution in [0.2, 0.25) is 5.02 Å². The SMILES string of the molecule is CCN(CC)C(=O)c1ccc(NC(=O)CCCOc2cccc(F)c2)cc1Cl. The standard InChI is InChI=1S/C21H24ClFN2O3/c1-3-25(4-2)21(27)18-11-10-16(14-19(18)22)24-20(26)9-6-12-28-17-8-5-7-15(23)13-17/h5,7-8,10-11,13-14H,3-4,6,9,12H2,1-2H3,(H,24,26). The van der Waals surface area contributed by atoms with Gasteiger partial charge >= 0.3 is 0 Å². The number of hydrogen-bond acceptors (Lipinski definition) is 3. The molecule has 0 unspecified atom stereocenters. The zero-order valence-electron chi connectivity index (χ0n) is 16.0. The molecular weight excluding hydrogens is 383 g/mol. The fraction of sp³-hybridized carbons (Fsp3) is 0.333. The van der Waals surface area contributed by atoms with Gasteiger partial charge < -0.3 is 15.0 Å². The summed E-state index contributed by atoms with van der Waals surface area (Å²) in [5.41, 5.74) is 0.934. The summed E-state index contributed by atoms with van der Waals surface area (Å²) in [4.78, 5) is 26.1. The van der Waals surface area contributed by atoms with E-state index >= 15 is 0 Å². The van der Waals surface area contributed by atoms with Crippen LogP contribution in [0.5, 0.6) is 5.75 Å². The molecule has 0 spiro atoms. The van der Waals surface area contributed by atoms with Gasteiger partial charge in [0.15, 0.2) is 0 Å². The fourth-order valence-corrected chi connectivity index (χ4v) is 2.91. The van der Waals surface area contributed by atoms with E-state index in [1.54, 1.807) is 35.2 Å². The van der Waals surface area contributed by atoms with Gasteiger partial charge in [0.05, 0.1) is 17.2 Å². The molecule has 5 nitrogen and oxygen atoms in total. The minimum Gasteiger partial charge on any atom is -0.493 e. The number of amides is 2. The lowest BCUT2D eigenvalue weighted by Crippen LogP contribution is -2.30. The first-order valence-electron chi connectivity index (χ1n) is 9.21. The molecule has 0 fully saturated rings. The van der Waals surface area contributed by atoms with Crippen LogP contribution >= 0.6 is 11.6 Å². The Kier molecular flexibility index (Phi) is 8.26. The van der Waals surface area contributed by atoms with Gasteiger partial charge in [-0.25, -0.2) is 4.39 Å². The molecule has 150 valence electrons. The lowest BCUT2D eigenvalue weighted by atomic mass is 10.1. The van der Waals surface area contributed by atoms with Crippen molar-refractivity contribution in [2.24, 2.45) is 0 Å². The molecule has 0 heterocycles. The van der Waals surface area contributed by atoms with Gasteiger partial charge in [0.1, 0.15) is 11.6 Å². The van der Waals surface area contributed by atoms with Crippen LogP contribution in [-0.4, -0.2) is 36.4 Å². The molecule has 0 aromatic heterocycles. The summed E-state index contributed by atoms with van der Waals surface area (Å²) in [7, 11) is 0. The van der Waals surface area contributed by atoms with Gasteiger partial charge in [-0.05, 0) is 50.6 Å². The minimum absolute atomic E-state index is 0.137. The normalized spacial score (nSPS) is 10.4. The molecule has 0 bridgehead atoms. The van der Waals surface area contributed by atoms with E-state index in [0.717, 1.165) is 0 Å². The van der Waals surface area contributed by atoms with Crippen LogP contribution in [0.1, 0.15) is 37.0 Å². The van der Waals surface area contributed by atoms with E-state index in [-0.39, 0.29) is 24.1 Å². The van der Waals surface area contributed by atoms with Crippen LogP contribution in [-0.2, 0) is 4.79 Å². The quantitative estimate of drug-likeness (QED) is 0.611. The fourth-order valence-electron chi connectivity index (χ4n) is 2.65. The zero-order chi connectivity index (χ0) is 20.5. The predicted octanol–water partition coefficient (Wildman–Crippen LogP) is 4.76. The number of halogens is 2. The molecule has 0 aliphatic rings. The third-order valence-corrected chi connectivity index (χ3v) is 4.46. The van der Waals surface area contributed by atoms with Crippen molar-refractivity contribution in [1.29, 1.82) is 0 Å². The van der Waals surface area contributed by atoms with Gasteiger partial charge in [-0.2, -0.15) is 0 Å². The number of nitrogens with one attached hydrogen (secondary N) is 1. The van der Waals surface area contributed by atoms with E-state index in [9.17, 15) is 14.0 Å². The Hall–Kier alpha value is -2.60. The number of benzene rings is 2. The van der Waals surface area contributed by atoms with E-state index in [0.29, 0.717) is 48.1 Å². The molecule has 0 atom stereocenters. The van der Waals surface area contributed by atoms with E-state index in [1.807, 2.05) is 13.8 Å². The Morgan fingerprint density at radius 1 is 1.14 bits per heavy atom. The molecular formula is C21H24ClFN2O3. The predicted molar refractivity (Wildman–Crippen MR) is 108 cm³/mol. The molecule has 0 aliphatic heterocycles. The van der Waals surface area contributed by atoms with Crippen molar-refractivity contribution in [2.45, 2.75) is 26.7 Å². The monoisotopic (exact) mass is 406 g/mol. The highest BCUT2D eigenvalue weighted by atomic mass is 35.5. The molecule has 2 rings (SSSR count). The van der Waals surface area contributed by atoms with Gasteiger partial charge in [0, 0.05) is 31.3 Å². The van der Waals surface area contributed by atoms with Crippen molar-refractivity contribution in [2.75, 3.05) is 25.0 Å². The first-order valence-corrected chi connectivity index (χ1v) is 9.59. The van der Waals surface area contributed by atoms with Crippen molar-refractivity contribution in [3.63, 3.8) is 0 Å². The van der Waals surface area contributed by atoms with E-state index < -0.39 is 0 Å². The highest BCUT2D eigenvalue weighted by Crippen LogP contribution is 2.23. The Balaban J connectivity index is 1.83. The second kappa shape index (κ2) is 10.7. The summed E-state index contributed by atoms with van der Waals surface area (Å²) in [5, 5.41) is 3.05. The molecule has 0 radical (unpaired) electrons. The number of carbonyl (C=O) groups is 2. The Morgan fingerprint density at radius 2 is 1.89 bits per heavy atom. The van der Waals surface area contributed by atoms with Crippen LogP contribution in [0.25, 0.3) is 0 Å². The summed E-state index contributed by atoms with van der Waals surface area (Å²) >= 11 is 6.22. The number of rotatable bonds is 9. The third-order valence-electron chi connectivity index (χ3n) is 4.15. The summed E-state index contributed by atoms with van der Waals surface area (Å²) in [6.45, 7) is 5.31. The highest BCUT2D eigenvalue weighted by Gasteiger charge is 2.16. The van der Waals surface area contributed by atoms with Crippen molar-refractivity contribution in [3.05, 3.63) is 58.9 Å².